The van der Waals surface area contributed by atoms with Crippen molar-refractivity contribution in [3.63, 3.8) is 0 Å². The van der Waals surface area contributed by atoms with Crippen LogP contribution in [0.1, 0.15) is 33.1 Å². The monoisotopic (exact) mass is 306 g/mol. The fourth-order valence-corrected chi connectivity index (χ4v) is 5.77. The Labute approximate surface area is 127 Å². The molecule has 6 nitrogen and oxygen atoms in total. The van der Waals surface area contributed by atoms with Gasteiger partial charge in [-0.2, -0.15) is 0 Å². The van der Waals surface area contributed by atoms with Crippen LogP contribution in [0.4, 0.5) is 0 Å². The fraction of sp³-hybridized carbons (Fsp3) is 0.750. The summed E-state index contributed by atoms with van der Waals surface area (Å²) in [6.07, 6.45) is 1.89. The van der Waals surface area contributed by atoms with Crippen LogP contribution < -0.4 is 0 Å². The predicted octanol–water partition coefficient (Wildman–Crippen LogP) is 0.677. The molecule has 2 aliphatic carbocycles. The standard InChI is InChI=1S/C16H18O6/c1-14-4-3-5-15(2)10(14)9(21-12(15)18)11-16(22-11)7(14)6-8(17)20-13(16)19/h6,9-11,13,19H,3-5H2,1-2H3/t9-,10+,11+,13+,14+,15-,16-/m0/s1. The number of carbonyl (C=O) groups is 2. The van der Waals surface area contributed by atoms with Crippen LogP contribution >= 0.6 is 0 Å². The van der Waals surface area contributed by atoms with Crippen LogP contribution in [0.5, 0.6) is 0 Å². The average Bonchev–Trinajstić information content (AvgIpc) is 3.11. The number of aliphatic hydroxyl groups excluding tert-OH is 1. The maximum Gasteiger partial charge on any atom is 0.333 e. The smallest absolute Gasteiger partial charge is 0.333 e. The number of ether oxygens (including phenoxy) is 3. The van der Waals surface area contributed by atoms with Crippen molar-refractivity contribution < 1.29 is 28.9 Å². The van der Waals surface area contributed by atoms with Gasteiger partial charge in [-0.3, -0.25) is 4.79 Å². The van der Waals surface area contributed by atoms with E-state index in [0.717, 1.165) is 24.8 Å². The van der Waals surface area contributed by atoms with Crippen LogP contribution in [-0.2, 0) is 23.8 Å². The van der Waals surface area contributed by atoms with E-state index in [4.69, 9.17) is 14.2 Å². The molecule has 4 fully saturated rings. The number of esters is 2. The Morgan fingerprint density at radius 3 is 2.68 bits per heavy atom. The Morgan fingerprint density at radius 1 is 1.18 bits per heavy atom. The van der Waals surface area contributed by atoms with Crippen molar-refractivity contribution in [1.29, 1.82) is 0 Å². The van der Waals surface area contributed by atoms with Gasteiger partial charge in [0, 0.05) is 12.0 Å². The number of hydrogen-bond donors (Lipinski definition) is 1. The third kappa shape index (κ3) is 1.12. The van der Waals surface area contributed by atoms with Crippen molar-refractivity contribution in [2.45, 2.75) is 57.2 Å². The summed E-state index contributed by atoms with van der Waals surface area (Å²) >= 11 is 0. The van der Waals surface area contributed by atoms with Gasteiger partial charge >= 0.3 is 11.9 Å². The first kappa shape index (κ1) is 13.1. The van der Waals surface area contributed by atoms with E-state index >= 15 is 0 Å². The summed E-state index contributed by atoms with van der Waals surface area (Å²) in [5.74, 6) is -0.745. The van der Waals surface area contributed by atoms with E-state index in [1.54, 1.807) is 0 Å². The predicted molar refractivity (Wildman–Crippen MR) is 71.2 cm³/mol. The van der Waals surface area contributed by atoms with Gasteiger partial charge in [-0.25, -0.2) is 4.79 Å². The molecule has 0 radical (unpaired) electrons. The van der Waals surface area contributed by atoms with Gasteiger partial charge < -0.3 is 19.3 Å². The normalized spacial score (nSPS) is 57.9. The number of epoxide rings is 1. The molecule has 2 saturated heterocycles. The first-order valence-corrected chi connectivity index (χ1v) is 7.84. The molecule has 1 N–H and O–H groups in total. The van der Waals surface area contributed by atoms with E-state index in [1.807, 2.05) is 6.92 Å². The lowest BCUT2D eigenvalue weighted by atomic mass is 9.48. The highest BCUT2D eigenvalue weighted by atomic mass is 16.7. The molecule has 0 unspecified atom stereocenters. The molecule has 3 heterocycles. The summed E-state index contributed by atoms with van der Waals surface area (Å²) in [4.78, 5) is 24.3. The Morgan fingerprint density at radius 2 is 1.91 bits per heavy atom. The number of aliphatic hydroxyl groups is 1. The lowest BCUT2D eigenvalue weighted by Gasteiger charge is -2.53. The molecule has 0 amide bonds. The van der Waals surface area contributed by atoms with Gasteiger partial charge in [-0.1, -0.05) is 13.3 Å². The molecule has 0 bridgehead atoms. The number of rotatable bonds is 0. The van der Waals surface area contributed by atoms with Crippen molar-refractivity contribution in [2.24, 2.45) is 16.7 Å². The molecule has 0 aromatic rings. The van der Waals surface area contributed by atoms with Crippen LogP contribution in [-0.4, -0.2) is 41.1 Å². The molecule has 6 heteroatoms. The molecule has 3 aliphatic heterocycles. The Hall–Kier alpha value is -1.40. The zero-order valence-electron chi connectivity index (χ0n) is 12.5. The SMILES string of the molecule is C[C@@]12CCC[C@]3(C)C4=CC(=O)O[C@@H](O)[C@]45O[C@@H]5[C@@H](OC1=O)[C@@H]23. The number of cyclic esters (lactones) is 1. The summed E-state index contributed by atoms with van der Waals surface area (Å²) in [5.41, 5.74) is -1.15. The highest BCUT2D eigenvalue weighted by Gasteiger charge is 2.83. The zero-order chi connectivity index (χ0) is 15.5. The minimum Gasteiger partial charge on any atom is -0.459 e. The molecular weight excluding hydrogens is 288 g/mol. The minimum absolute atomic E-state index is 0.0220. The molecule has 2 saturated carbocycles. The molecule has 1 spiro atoms. The molecule has 0 aromatic carbocycles. The maximum absolute atomic E-state index is 12.5. The zero-order valence-corrected chi connectivity index (χ0v) is 12.5. The van der Waals surface area contributed by atoms with Crippen LogP contribution in [0, 0.1) is 16.7 Å². The molecule has 118 valence electrons. The van der Waals surface area contributed by atoms with Crippen molar-refractivity contribution in [1.82, 2.24) is 0 Å². The van der Waals surface area contributed by atoms with Gasteiger partial charge in [-0.05, 0) is 30.8 Å². The van der Waals surface area contributed by atoms with E-state index < -0.39 is 34.8 Å². The van der Waals surface area contributed by atoms with Gasteiger partial charge in [0.05, 0.1) is 5.41 Å². The van der Waals surface area contributed by atoms with Crippen molar-refractivity contribution in [3.8, 4) is 0 Å². The van der Waals surface area contributed by atoms with Gasteiger partial charge in [0.25, 0.3) is 0 Å². The largest absolute Gasteiger partial charge is 0.459 e. The number of hydrogen-bond acceptors (Lipinski definition) is 6. The Bertz CT molecular complexity index is 655. The molecule has 22 heavy (non-hydrogen) atoms. The van der Waals surface area contributed by atoms with Crippen LogP contribution in [0.25, 0.3) is 0 Å². The number of carbonyl (C=O) groups excluding carboxylic acids is 2. The van der Waals surface area contributed by atoms with Crippen LogP contribution in [0.15, 0.2) is 11.6 Å². The van der Waals surface area contributed by atoms with Crippen molar-refractivity contribution in [2.75, 3.05) is 0 Å². The maximum atomic E-state index is 12.5. The summed E-state index contributed by atoms with van der Waals surface area (Å²) in [6.45, 7) is 4.03. The average molecular weight is 306 g/mol. The van der Waals surface area contributed by atoms with Crippen molar-refractivity contribution in [3.05, 3.63) is 11.6 Å². The summed E-state index contributed by atoms with van der Waals surface area (Å²) in [6, 6.07) is 0. The fourth-order valence-electron chi connectivity index (χ4n) is 5.77. The molecule has 7 atom stereocenters. The molecule has 5 rings (SSSR count). The highest BCUT2D eigenvalue weighted by molar-refractivity contribution is 5.87. The van der Waals surface area contributed by atoms with Crippen LogP contribution in [0.3, 0.4) is 0 Å². The van der Waals surface area contributed by atoms with Gasteiger partial charge in [0.2, 0.25) is 6.29 Å². The third-order valence-electron chi connectivity index (χ3n) is 6.68. The lowest BCUT2D eigenvalue weighted by Crippen LogP contribution is -2.59. The molecule has 5 aliphatic rings. The van der Waals surface area contributed by atoms with E-state index in [9.17, 15) is 14.7 Å². The summed E-state index contributed by atoms with van der Waals surface area (Å²) in [5, 5.41) is 10.3. The topological polar surface area (TPSA) is 85.4 Å². The first-order valence-electron chi connectivity index (χ1n) is 7.84. The van der Waals surface area contributed by atoms with Gasteiger partial charge in [0.1, 0.15) is 12.2 Å². The third-order valence-corrected chi connectivity index (χ3v) is 6.68. The first-order chi connectivity index (χ1) is 10.3. The summed E-state index contributed by atoms with van der Waals surface area (Å²) < 4.78 is 16.5. The van der Waals surface area contributed by atoms with E-state index in [2.05, 4.69) is 6.92 Å². The van der Waals surface area contributed by atoms with E-state index in [0.29, 0.717) is 0 Å². The Kier molecular flexibility index (Phi) is 2.03. The summed E-state index contributed by atoms with van der Waals surface area (Å²) in [7, 11) is 0. The molecule has 0 aromatic heterocycles. The quantitative estimate of drug-likeness (QED) is 0.523. The van der Waals surface area contributed by atoms with E-state index in [-0.39, 0.29) is 18.0 Å². The Balaban J connectivity index is 1.75. The second-order valence-corrected chi connectivity index (χ2v) is 7.71. The van der Waals surface area contributed by atoms with E-state index in [1.165, 1.54) is 6.08 Å². The highest BCUT2D eigenvalue weighted by Crippen LogP contribution is 2.72. The van der Waals surface area contributed by atoms with Gasteiger partial charge in [-0.15, -0.1) is 0 Å². The van der Waals surface area contributed by atoms with Crippen molar-refractivity contribution >= 4 is 11.9 Å². The number of fused-ring (bicyclic) bond motifs is 2. The minimum atomic E-state index is -1.32. The van der Waals surface area contributed by atoms with Gasteiger partial charge in [0.15, 0.2) is 5.60 Å². The molecular formula is C16H18O6. The van der Waals surface area contributed by atoms with Crippen LogP contribution in [0.2, 0.25) is 0 Å². The lowest BCUT2D eigenvalue weighted by molar-refractivity contribution is -0.179. The second-order valence-electron chi connectivity index (χ2n) is 7.71. The second kappa shape index (κ2) is 3.41.